The fourth-order valence-electron chi connectivity index (χ4n) is 1.22. The first-order valence-corrected chi connectivity index (χ1v) is 6.09. The molecular weight excluding hydrogens is 269 g/mol. The van der Waals surface area contributed by atoms with Gasteiger partial charge in [0.1, 0.15) is 5.82 Å². The van der Waals surface area contributed by atoms with E-state index >= 15 is 0 Å². The summed E-state index contributed by atoms with van der Waals surface area (Å²) in [7, 11) is 0. The third kappa shape index (κ3) is 5.43. The topological polar surface area (TPSA) is 70.2 Å². The minimum Gasteiger partial charge on any atom is -0.298 e. The molecule has 0 aliphatic carbocycles. The Morgan fingerprint density at radius 2 is 1.84 bits per heavy atom. The zero-order valence-corrected chi connectivity index (χ0v) is 11.1. The normalized spacial score (nSPS) is 9.58. The maximum atomic E-state index is 12.7. The predicted molar refractivity (Wildman–Crippen MR) is 72.7 cm³/mol. The van der Waals surface area contributed by atoms with E-state index in [1.807, 2.05) is 6.92 Å². The summed E-state index contributed by atoms with van der Waals surface area (Å²) in [5, 5.41) is 2.33. The van der Waals surface area contributed by atoms with Gasteiger partial charge in [-0.15, -0.1) is 0 Å². The summed E-state index contributed by atoms with van der Waals surface area (Å²) in [6, 6.07) is 5.02. The molecule has 3 N–H and O–H groups in total. The Labute approximate surface area is 115 Å². The first-order valence-electron chi connectivity index (χ1n) is 5.68. The van der Waals surface area contributed by atoms with Gasteiger partial charge in [0.2, 0.25) is 5.91 Å². The van der Waals surface area contributed by atoms with E-state index in [4.69, 9.17) is 12.2 Å². The van der Waals surface area contributed by atoms with E-state index in [0.717, 1.165) is 0 Å². The molecule has 1 aromatic rings. The van der Waals surface area contributed by atoms with Crippen LogP contribution in [0.3, 0.4) is 0 Å². The third-order valence-corrected chi connectivity index (χ3v) is 2.33. The fraction of sp³-hybridized carbons (Fsp3) is 0.250. The molecule has 1 rings (SSSR count). The highest BCUT2D eigenvalue weighted by Crippen LogP contribution is 2.02. The first-order chi connectivity index (χ1) is 9.02. The lowest BCUT2D eigenvalue weighted by Gasteiger charge is -2.10. The van der Waals surface area contributed by atoms with Crippen LogP contribution in [0.25, 0.3) is 0 Å². The first kappa shape index (κ1) is 15.0. The fourth-order valence-corrected chi connectivity index (χ4v) is 1.37. The number of rotatable bonds is 3. The standard InChI is InChI=1S/C12H14FN3O2S/c1-2-3-10(17)15-16-12(19)14-11(18)8-4-6-9(13)7-5-8/h4-7H,2-3H2,1H3,(H,15,17)(H2,14,16,18,19). The van der Waals surface area contributed by atoms with E-state index in [9.17, 15) is 14.0 Å². The number of carbonyl (C=O) groups excluding carboxylic acids is 2. The smallest absolute Gasteiger partial charge is 0.257 e. The van der Waals surface area contributed by atoms with Crippen molar-refractivity contribution in [2.24, 2.45) is 0 Å². The molecule has 0 radical (unpaired) electrons. The Kier molecular flexibility index (Phi) is 5.87. The van der Waals surface area contributed by atoms with Crippen molar-refractivity contribution >= 4 is 29.1 Å². The number of halogens is 1. The maximum absolute atomic E-state index is 12.7. The Balaban J connectivity index is 2.42. The molecule has 0 aliphatic rings. The Morgan fingerprint density at radius 3 is 2.42 bits per heavy atom. The number of amides is 2. The molecule has 0 unspecified atom stereocenters. The van der Waals surface area contributed by atoms with Crippen molar-refractivity contribution in [1.82, 2.24) is 16.2 Å². The number of carbonyl (C=O) groups is 2. The zero-order valence-electron chi connectivity index (χ0n) is 10.3. The third-order valence-electron chi connectivity index (χ3n) is 2.13. The van der Waals surface area contributed by atoms with Crippen molar-refractivity contribution in [1.29, 1.82) is 0 Å². The molecule has 0 aromatic heterocycles. The highest BCUT2D eigenvalue weighted by Gasteiger charge is 2.08. The van der Waals surface area contributed by atoms with Gasteiger partial charge in [-0.25, -0.2) is 4.39 Å². The summed E-state index contributed by atoms with van der Waals surface area (Å²) in [6.45, 7) is 1.87. The van der Waals surface area contributed by atoms with Crippen LogP contribution in [0.15, 0.2) is 24.3 Å². The van der Waals surface area contributed by atoms with Crippen LogP contribution in [-0.2, 0) is 4.79 Å². The van der Waals surface area contributed by atoms with Crippen LogP contribution in [0.4, 0.5) is 4.39 Å². The summed E-state index contributed by atoms with van der Waals surface area (Å²) in [5.74, 6) is -1.13. The van der Waals surface area contributed by atoms with Crippen molar-refractivity contribution in [2.45, 2.75) is 19.8 Å². The van der Waals surface area contributed by atoms with Gasteiger partial charge in [0.15, 0.2) is 5.11 Å². The molecule has 0 aliphatic heterocycles. The number of hydrogen-bond acceptors (Lipinski definition) is 3. The van der Waals surface area contributed by atoms with Crippen molar-refractivity contribution in [3.63, 3.8) is 0 Å². The second kappa shape index (κ2) is 7.42. The number of benzene rings is 1. The van der Waals surface area contributed by atoms with Crippen LogP contribution < -0.4 is 16.2 Å². The lowest BCUT2D eigenvalue weighted by atomic mass is 10.2. The van der Waals surface area contributed by atoms with E-state index in [1.54, 1.807) is 0 Å². The van der Waals surface area contributed by atoms with E-state index in [0.29, 0.717) is 12.8 Å². The van der Waals surface area contributed by atoms with Gasteiger partial charge in [-0.2, -0.15) is 0 Å². The minimum atomic E-state index is -0.484. The van der Waals surface area contributed by atoms with Gasteiger partial charge in [0.25, 0.3) is 5.91 Å². The Hall–Kier alpha value is -2.02. The molecule has 0 spiro atoms. The van der Waals surface area contributed by atoms with Crippen molar-refractivity contribution in [3.8, 4) is 0 Å². The summed E-state index contributed by atoms with van der Waals surface area (Å²) < 4.78 is 12.7. The molecule has 102 valence electrons. The highest BCUT2D eigenvalue weighted by atomic mass is 32.1. The molecule has 1 aromatic carbocycles. The summed E-state index contributed by atoms with van der Waals surface area (Å²) in [5.41, 5.74) is 5.02. The molecule has 0 atom stereocenters. The van der Waals surface area contributed by atoms with Crippen LogP contribution >= 0.6 is 12.2 Å². The van der Waals surface area contributed by atoms with Crippen molar-refractivity contribution in [3.05, 3.63) is 35.6 Å². The van der Waals surface area contributed by atoms with Gasteiger partial charge in [-0.3, -0.25) is 25.8 Å². The molecular formula is C12H14FN3O2S. The molecule has 2 amide bonds. The van der Waals surface area contributed by atoms with E-state index < -0.39 is 11.7 Å². The van der Waals surface area contributed by atoms with Gasteiger partial charge < -0.3 is 0 Å². The second-order valence-corrected chi connectivity index (χ2v) is 4.12. The van der Waals surface area contributed by atoms with E-state index in [2.05, 4.69) is 16.2 Å². The van der Waals surface area contributed by atoms with Crippen molar-refractivity contribution < 1.29 is 14.0 Å². The van der Waals surface area contributed by atoms with Gasteiger partial charge in [0, 0.05) is 12.0 Å². The summed E-state index contributed by atoms with van der Waals surface area (Å²) in [4.78, 5) is 22.8. The monoisotopic (exact) mass is 283 g/mol. The van der Waals surface area contributed by atoms with Crippen LogP contribution in [-0.4, -0.2) is 16.9 Å². The van der Waals surface area contributed by atoms with Gasteiger partial charge in [-0.05, 0) is 42.9 Å². The quantitative estimate of drug-likeness (QED) is 0.577. The number of hydrogen-bond donors (Lipinski definition) is 3. The highest BCUT2D eigenvalue weighted by molar-refractivity contribution is 7.80. The second-order valence-electron chi connectivity index (χ2n) is 3.71. The van der Waals surface area contributed by atoms with E-state index in [-0.39, 0.29) is 16.6 Å². The molecule has 0 heterocycles. The average Bonchev–Trinajstić information content (AvgIpc) is 2.37. The SMILES string of the molecule is CCCC(=O)NNC(=S)NC(=O)c1ccc(F)cc1. The summed E-state index contributed by atoms with van der Waals surface area (Å²) >= 11 is 4.83. The predicted octanol–water partition coefficient (Wildman–Crippen LogP) is 1.26. The van der Waals surface area contributed by atoms with Crippen LogP contribution in [0.2, 0.25) is 0 Å². The molecule has 5 nitrogen and oxygen atoms in total. The number of thiocarbonyl (C=S) groups is 1. The molecule has 0 fully saturated rings. The Bertz CT molecular complexity index is 476. The largest absolute Gasteiger partial charge is 0.298 e. The van der Waals surface area contributed by atoms with E-state index in [1.165, 1.54) is 24.3 Å². The molecule has 0 saturated heterocycles. The summed E-state index contributed by atoms with van der Waals surface area (Å²) in [6.07, 6.45) is 1.07. The van der Waals surface area contributed by atoms with Gasteiger partial charge in [-0.1, -0.05) is 6.92 Å². The maximum Gasteiger partial charge on any atom is 0.257 e. The van der Waals surface area contributed by atoms with Crippen LogP contribution in [0.5, 0.6) is 0 Å². The van der Waals surface area contributed by atoms with Crippen molar-refractivity contribution in [2.75, 3.05) is 0 Å². The van der Waals surface area contributed by atoms with Gasteiger partial charge >= 0.3 is 0 Å². The lowest BCUT2D eigenvalue weighted by Crippen LogP contribution is -2.48. The zero-order chi connectivity index (χ0) is 14.3. The minimum absolute atomic E-state index is 0.0289. The molecule has 0 saturated carbocycles. The lowest BCUT2D eigenvalue weighted by molar-refractivity contribution is -0.121. The molecule has 19 heavy (non-hydrogen) atoms. The van der Waals surface area contributed by atoms with Gasteiger partial charge in [0.05, 0.1) is 0 Å². The number of nitrogens with one attached hydrogen (secondary N) is 3. The number of hydrazine groups is 1. The molecule has 7 heteroatoms. The van der Waals surface area contributed by atoms with Crippen LogP contribution in [0, 0.1) is 5.82 Å². The molecule has 0 bridgehead atoms. The Morgan fingerprint density at radius 1 is 1.21 bits per heavy atom. The average molecular weight is 283 g/mol. The van der Waals surface area contributed by atoms with Crippen LogP contribution in [0.1, 0.15) is 30.1 Å².